The Morgan fingerprint density at radius 3 is 2.46 bits per heavy atom. The minimum atomic E-state index is -0.0443. The van der Waals surface area contributed by atoms with Crippen molar-refractivity contribution in [1.29, 1.82) is 0 Å². The molecule has 0 saturated carbocycles. The fourth-order valence-corrected chi connectivity index (χ4v) is 4.36. The summed E-state index contributed by atoms with van der Waals surface area (Å²) in [5.41, 5.74) is 1.31. The van der Waals surface area contributed by atoms with Crippen molar-refractivity contribution >= 4 is 22.9 Å². The number of nitrogens with zero attached hydrogens (tertiary/aromatic N) is 4. The Morgan fingerprint density at radius 2 is 1.85 bits per heavy atom. The minimum Gasteiger partial charge on any atom is -0.224 e. The van der Waals surface area contributed by atoms with Gasteiger partial charge in [0.05, 0.1) is 0 Å². The van der Waals surface area contributed by atoms with E-state index in [-0.39, 0.29) is 5.41 Å². The molecule has 144 valence electrons. The van der Waals surface area contributed by atoms with Gasteiger partial charge >= 0.3 is 0 Å². The predicted octanol–water partition coefficient (Wildman–Crippen LogP) is 5.96. The van der Waals surface area contributed by atoms with Crippen molar-refractivity contribution in [2.45, 2.75) is 85.5 Å². The Balaban J connectivity index is 1.96. The molecule has 0 radical (unpaired) electrons. The van der Waals surface area contributed by atoms with Crippen molar-refractivity contribution in [3.05, 3.63) is 32.5 Å². The van der Waals surface area contributed by atoms with Crippen LogP contribution in [-0.2, 0) is 18.3 Å². The molecule has 4 nitrogen and oxygen atoms in total. The lowest BCUT2D eigenvalue weighted by molar-refractivity contribution is 0.488. The first-order valence-electron chi connectivity index (χ1n) is 9.48. The highest BCUT2D eigenvalue weighted by Crippen LogP contribution is 2.30. The molecular weight excluding hydrogens is 360 g/mol. The highest BCUT2D eigenvalue weighted by atomic mass is 32.1. The number of allylic oxidation sites excluding steroid dienone is 2. The number of aryl methyl sites for hydroxylation is 1. The van der Waals surface area contributed by atoms with Crippen LogP contribution in [0.4, 0.5) is 0 Å². The predicted molar refractivity (Wildman–Crippen MR) is 112 cm³/mol. The highest BCUT2D eigenvalue weighted by molar-refractivity contribution is 7.11. The maximum absolute atomic E-state index is 4.81. The molecule has 26 heavy (non-hydrogen) atoms. The van der Waals surface area contributed by atoms with E-state index in [1.54, 1.807) is 22.9 Å². The van der Waals surface area contributed by atoms with Gasteiger partial charge in [-0.1, -0.05) is 53.2 Å². The summed E-state index contributed by atoms with van der Waals surface area (Å²) in [6.07, 6.45) is 6.31. The van der Waals surface area contributed by atoms with E-state index in [1.807, 2.05) is 0 Å². The second kappa shape index (κ2) is 9.18. The zero-order chi connectivity index (χ0) is 19.3. The van der Waals surface area contributed by atoms with Gasteiger partial charge < -0.3 is 0 Å². The molecule has 0 fully saturated rings. The largest absolute Gasteiger partial charge is 0.224 e. The van der Waals surface area contributed by atoms with Gasteiger partial charge in [0.15, 0.2) is 0 Å². The lowest BCUT2D eigenvalue weighted by Gasteiger charge is -2.21. The second-order valence-corrected chi connectivity index (χ2v) is 10.4. The average Bonchev–Trinajstić information content (AvgIpc) is 3.20. The molecule has 0 unspecified atom stereocenters. The molecular formula is C20H32N4S2. The van der Waals surface area contributed by atoms with Crippen LogP contribution in [0, 0.1) is 5.92 Å². The van der Waals surface area contributed by atoms with E-state index in [4.69, 9.17) is 4.98 Å². The molecule has 0 saturated heterocycles. The molecule has 2 heterocycles. The number of hydrogen-bond donors (Lipinski definition) is 0. The van der Waals surface area contributed by atoms with E-state index >= 15 is 0 Å². The number of hydrogen-bond acceptors (Lipinski definition) is 6. The number of rotatable bonds is 9. The second-order valence-electron chi connectivity index (χ2n) is 8.45. The molecule has 0 spiro atoms. The van der Waals surface area contributed by atoms with E-state index in [1.165, 1.54) is 17.0 Å². The summed E-state index contributed by atoms with van der Waals surface area (Å²) in [5, 5.41) is 11.9. The summed E-state index contributed by atoms with van der Waals surface area (Å²) >= 11 is 3.28. The maximum Gasteiger partial charge on any atom is 0.148 e. The lowest BCUT2D eigenvalue weighted by Crippen LogP contribution is -2.19. The molecule has 0 N–H and O–H groups in total. The Kier molecular flexibility index (Phi) is 7.47. The van der Waals surface area contributed by atoms with Gasteiger partial charge in [-0.3, -0.25) is 0 Å². The van der Waals surface area contributed by atoms with Crippen molar-refractivity contribution < 1.29 is 0 Å². The first-order valence-corrected chi connectivity index (χ1v) is 11.1. The van der Waals surface area contributed by atoms with Crippen LogP contribution < -0.4 is 0 Å². The van der Waals surface area contributed by atoms with Crippen LogP contribution in [0.25, 0.3) is 0 Å². The Morgan fingerprint density at radius 1 is 1.12 bits per heavy atom. The van der Waals surface area contributed by atoms with E-state index in [2.05, 4.69) is 69.1 Å². The molecule has 0 bridgehead atoms. The van der Waals surface area contributed by atoms with Gasteiger partial charge in [0.1, 0.15) is 20.8 Å². The standard InChI is InChI=1S/C20H32N4S2/c1-13(2)8-10-16-21-19(24-26-16)20(6,7)12-15(5)9-11-17-22-23-18(25-17)14(3)4/h9,13-14H,8,10-12H2,1-7H3/b15-9+. The van der Waals surface area contributed by atoms with Gasteiger partial charge in [-0.25, -0.2) is 4.98 Å². The Labute approximate surface area is 166 Å². The molecule has 2 aromatic rings. The molecule has 2 rings (SSSR count). The van der Waals surface area contributed by atoms with Gasteiger partial charge in [-0.05, 0) is 37.2 Å². The molecule has 0 aliphatic rings. The van der Waals surface area contributed by atoms with Gasteiger partial charge in [0.2, 0.25) is 0 Å². The normalized spacial score (nSPS) is 13.2. The van der Waals surface area contributed by atoms with Crippen molar-refractivity contribution in [3.8, 4) is 0 Å². The third kappa shape index (κ3) is 6.23. The summed E-state index contributed by atoms with van der Waals surface area (Å²) in [6.45, 7) is 15.5. The molecule has 0 aliphatic heterocycles. The molecule has 0 aromatic carbocycles. The summed E-state index contributed by atoms with van der Waals surface area (Å²) in [4.78, 5) is 4.81. The average molecular weight is 393 g/mol. The van der Waals surface area contributed by atoms with Gasteiger partial charge in [-0.2, -0.15) is 4.37 Å². The summed E-state index contributed by atoms with van der Waals surface area (Å²) in [5.74, 6) is 2.13. The molecule has 0 amide bonds. The minimum absolute atomic E-state index is 0.0443. The van der Waals surface area contributed by atoms with Crippen LogP contribution in [0.15, 0.2) is 11.6 Å². The zero-order valence-electron chi connectivity index (χ0n) is 17.2. The van der Waals surface area contributed by atoms with Crippen molar-refractivity contribution in [1.82, 2.24) is 19.6 Å². The summed E-state index contributed by atoms with van der Waals surface area (Å²) in [6, 6.07) is 0. The van der Waals surface area contributed by atoms with Crippen LogP contribution in [-0.4, -0.2) is 19.6 Å². The summed E-state index contributed by atoms with van der Waals surface area (Å²) in [7, 11) is 0. The van der Waals surface area contributed by atoms with Gasteiger partial charge in [-0.15, -0.1) is 21.5 Å². The Bertz CT molecular complexity index is 726. The Hall–Kier alpha value is -1.14. The molecule has 6 heteroatoms. The summed E-state index contributed by atoms with van der Waals surface area (Å²) < 4.78 is 4.64. The zero-order valence-corrected chi connectivity index (χ0v) is 18.8. The van der Waals surface area contributed by atoms with Crippen molar-refractivity contribution in [2.24, 2.45) is 5.92 Å². The highest BCUT2D eigenvalue weighted by Gasteiger charge is 2.26. The van der Waals surface area contributed by atoms with Crippen molar-refractivity contribution in [2.75, 3.05) is 0 Å². The first kappa shape index (κ1) is 21.2. The smallest absolute Gasteiger partial charge is 0.148 e. The molecule has 0 aliphatic carbocycles. The van der Waals surface area contributed by atoms with Gasteiger partial charge in [0, 0.05) is 24.2 Å². The van der Waals surface area contributed by atoms with Crippen LogP contribution >= 0.6 is 22.9 Å². The third-order valence-corrected chi connectivity index (χ3v) is 6.35. The first-order chi connectivity index (χ1) is 12.2. The number of aromatic nitrogens is 4. The quantitative estimate of drug-likeness (QED) is 0.494. The third-order valence-electron chi connectivity index (χ3n) is 4.33. The van der Waals surface area contributed by atoms with Gasteiger partial charge in [0.25, 0.3) is 0 Å². The lowest BCUT2D eigenvalue weighted by atomic mass is 9.85. The maximum atomic E-state index is 4.81. The topological polar surface area (TPSA) is 51.6 Å². The van der Waals surface area contributed by atoms with Crippen LogP contribution in [0.3, 0.4) is 0 Å². The van der Waals surface area contributed by atoms with Crippen molar-refractivity contribution in [3.63, 3.8) is 0 Å². The van der Waals surface area contributed by atoms with Crippen LogP contribution in [0.5, 0.6) is 0 Å². The fraction of sp³-hybridized carbons (Fsp3) is 0.700. The SMILES string of the molecule is C/C(=C\Cc1nnc(C(C)C)s1)CC(C)(C)c1nsc(CCC(C)C)n1. The van der Waals surface area contributed by atoms with E-state index in [0.717, 1.165) is 35.1 Å². The molecule has 0 atom stereocenters. The van der Waals surface area contributed by atoms with E-state index in [9.17, 15) is 0 Å². The van der Waals surface area contributed by atoms with E-state index < -0.39 is 0 Å². The van der Waals surface area contributed by atoms with Crippen LogP contribution in [0.2, 0.25) is 0 Å². The van der Waals surface area contributed by atoms with Crippen LogP contribution in [0.1, 0.15) is 88.1 Å². The fourth-order valence-electron chi connectivity index (χ4n) is 2.74. The monoisotopic (exact) mass is 392 g/mol. The van der Waals surface area contributed by atoms with E-state index in [0.29, 0.717) is 11.8 Å². The molecule has 2 aromatic heterocycles.